The van der Waals surface area contributed by atoms with Crippen molar-refractivity contribution < 1.29 is 4.79 Å². The number of hydrazine groups is 1. The highest BCUT2D eigenvalue weighted by Gasteiger charge is 2.11. The molecule has 0 aliphatic rings. The summed E-state index contributed by atoms with van der Waals surface area (Å²) in [5.41, 5.74) is 5.68. The lowest BCUT2D eigenvalue weighted by atomic mass is 10.3. The molecule has 0 fully saturated rings. The molecule has 1 amide bonds. The van der Waals surface area contributed by atoms with Gasteiger partial charge in [-0.15, -0.1) is 0 Å². The van der Waals surface area contributed by atoms with E-state index < -0.39 is 5.91 Å². The van der Waals surface area contributed by atoms with Crippen molar-refractivity contribution >= 4 is 46.4 Å². The predicted molar refractivity (Wildman–Crippen MR) is 79.3 cm³/mol. The van der Waals surface area contributed by atoms with Crippen LogP contribution in [0.4, 0.5) is 5.69 Å². The van der Waals surface area contributed by atoms with Crippen LogP contribution in [0, 0.1) is 6.92 Å². The van der Waals surface area contributed by atoms with Crippen molar-refractivity contribution in [3.63, 3.8) is 0 Å². The number of aryl methyl sites for hydroxylation is 1. The number of amides is 1. The molecule has 1 aromatic heterocycles. The Labute approximate surface area is 130 Å². The van der Waals surface area contributed by atoms with E-state index in [1.807, 2.05) is 0 Å². The highest BCUT2D eigenvalue weighted by molar-refractivity contribution is 6.41. The average Bonchev–Trinajstić information content (AvgIpc) is 2.37. The van der Waals surface area contributed by atoms with Crippen LogP contribution < -0.4 is 10.9 Å². The van der Waals surface area contributed by atoms with Gasteiger partial charge in [-0.25, -0.2) is 9.97 Å². The molecule has 0 aliphatic carbocycles. The van der Waals surface area contributed by atoms with Gasteiger partial charge in [0.1, 0.15) is 11.5 Å². The van der Waals surface area contributed by atoms with Crippen LogP contribution in [0.3, 0.4) is 0 Å². The fraction of sp³-hybridized carbons (Fsp3) is 0.0833. The standard InChI is InChI=1S/C12H9Cl3N4O/c1-6-16-3-2-10(17-6)12(20)19-18-11-8(14)4-7(13)5-9(11)15/h2-5,18H,1H3,(H,19,20). The summed E-state index contributed by atoms with van der Waals surface area (Å²) >= 11 is 17.8. The first-order valence-electron chi connectivity index (χ1n) is 5.48. The van der Waals surface area contributed by atoms with Gasteiger partial charge < -0.3 is 0 Å². The summed E-state index contributed by atoms with van der Waals surface area (Å²) in [6.45, 7) is 1.69. The van der Waals surface area contributed by atoms with Crippen LogP contribution in [0.15, 0.2) is 24.4 Å². The summed E-state index contributed by atoms with van der Waals surface area (Å²) in [7, 11) is 0. The summed E-state index contributed by atoms with van der Waals surface area (Å²) in [5, 5.41) is 0.992. The zero-order valence-electron chi connectivity index (χ0n) is 10.2. The minimum Gasteiger partial charge on any atom is -0.295 e. The fourth-order valence-electron chi connectivity index (χ4n) is 1.43. The van der Waals surface area contributed by atoms with E-state index in [2.05, 4.69) is 20.8 Å². The minimum absolute atomic E-state index is 0.228. The molecule has 0 spiro atoms. The zero-order chi connectivity index (χ0) is 14.7. The van der Waals surface area contributed by atoms with Gasteiger partial charge in [0.05, 0.1) is 15.7 Å². The molecule has 0 radical (unpaired) electrons. The summed E-state index contributed by atoms with van der Waals surface area (Å²) in [4.78, 5) is 19.8. The van der Waals surface area contributed by atoms with Crippen LogP contribution in [0.5, 0.6) is 0 Å². The van der Waals surface area contributed by atoms with Gasteiger partial charge in [0.25, 0.3) is 5.91 Å². The molecule has 5 nitrogen and oxygen atoms in total. The van der Waals surface area contributed by atoms with Gasteiger partial charge in [0.2, 0.25) is 0 Å². The first kappa shape index (κ1) is 14.8. The summed E-state index contributed by atoms with van der Waals surface area (Å²) in [6.07, 6.45) is 1.50. The minimum atomic E-state index is -0.433. The molecule has 8 heteroatoms. The second-order valence-corrected chi connectivity index (χ2v) is 5.06. The maximum Gasteiger partial charge on any atom is 0.288 e. The molecule has 104 valence electrons. The molecule has 0 atom stereocenters. The van der Waals surface area contributed by atoms with E-state index in [1.165, 1.54) is 24.4 Å². The number of nitrogens with zero attached hydrogens (tertiary/aromatic N) is 2. The Morgan fingerprint density at radius 3 is 2.45 bits per heavy atom. The monoisotopic (exact) mass is 330 g/mol. The highest BCUT2D eigenvalue weighted by Crippen LogP contribution is 2.33. The number of rotatable bonds is 3. The quantitative estimate of drug-likeness (QED) is 0.845. The van der Waals surface area contributed by atoms with Gasteiger partial charge in [-0.2, -0.15) is 0 Å². The maximum absolute atomic E-state index is 11.9. The SMILES string of the molecule is Cc1nccc(C(=O)NNc2c(Cl)cc(Cl)cc2Cl)n1. The van der Waals surface area contributed by atoms with E-state index in [0.29, 0.717) is 26.6 Å². The van der Waals surface area contributed by atoms with Crippen molar-refractivity contribution in [2.75, 3.05) is 5.43 Å². The number of carbonyl (C=O) groups excluding carboxylic acids is 1. The van der Waals surface area contributed by atoms with Crippen molar-refractivity contribution in [2.45, 2.75) is 6.92 Å². The third-order valence-electron chi connectivity index (χ3n) is 2.32. The van der Waals surface area contributed by atoms with Crippen LogP contribution >= 0.6 is 34.8 Å². The molecule has 2 rings (SSSR count). The summed E-state index contributed by atoms with van der Waals surface area (Å²) in [6, 6.07) is 4.52. The van der Waals surface area contributed by atoms with Gasteiger partial charge in [-0.1, -0.05) is 34.8 Å². The molecule has 0 bridgehead atoms. The molecule has 1 aromatic carbocycles. The predicted octanol–water partition coefficient (Wildman–Crippen LogP) is 3.50. The molecular weight excluding hydrogens is 323 g/mol. The molecule has 0 saturated heterocycles. The number of carbonyl (C=O) groups is 1. The molecule has 0 aliphatic heterocycles. The molecule has 2 N–H and O–H groups in total. The number of hydrogen-bond acceptors (Lipinski definition) is 4. The second kappa shape index (κ2) is 6.26. The van der Waals surface area contributed by atoms with Crippen molar-refractivity contribution in [1.29, 1.82) is 0 Å². The van der Waals surface area contributed by atoms with Crippen molar-refractivity contribution in [3.05, 3.63) is 51.0 Å². The van der Waals surface area contributed by atoms with E-state index in [4.69, 9.17) is 34.8 Å². The van der Waals surface area contributed by atoms with E-state index in [9.17, 15) is 4.79 Å². The normalized spacial score (nSPS) is 10.2. The smallest absolute Gasteiger partial charge is 0.288 e. The van der Waals surface area contributed by atoms with Crippen LogP contribution in [0.2, 0.25) is 15.1 Å². The van der Waals surface area contributed by atoms with Crippen LogP contribution in [-0.4, -0.2) is 15.9 Å². The van der Waals surface area contributed by atoms with E-state index >= 15 is 0 Å². The van der Waals surface area contributed by atoms with Gasteiger partial charge in [-0.05, 0) is 25.1 Å². The molecule has 20 heavy (non-hydrogen) atoms. The lowest BCUT2D eigenvalue weighted by molar-refractivity contribution is 0.0957. The summed E-state index contributed by atoms with van der Waals surface area (Å²) in [5.74, 6) is 0.0674. The first-order valence-corrected chi connectivity index (χ1v) is 6.61. The second-order valence-electron chi connectivity index (χ2n) is 3.81. The number of halogens is 3. The Morgan fingerprint density at radius 2 is 1.85 bits per heavy atom. The van der Waals surface area contributed by atoms with Gasteiger partial charge in [-0.3, -0.25) is 15.6 Å². The molecule has 0 saturated carbocycles. The molecule has 1 heterocycles. The van der Waals surface area contributed by atoms with Crippen molar-refractivity contribution in [1.82, 2.24) is 15.4 Å². The lowest BCUT2D eigenvalue weighted by Gasteiger charge is -2.11. The average molecular weight is 332 g/mol. The molecule has 0 unspecified atom stereocenters. The van der Waals surface area contributed by atoms with E-state index in [-0.39, 0.29) is 5.69 Å². The van der Waals surface area contributed by atoms with Gasteiger partial charge in [0, 0.05) is 11.2 Å². The molecule has 2 aromatic rings. The Kier molecular flexibility index (Phi) is 4.65. The van der Waals surface area contributed by atoms with Gasteiger partial charge in [0.15, 0.2) is 0 Å². The largest absolute Gasteiger partial charge is 0.295 e. The topological polar surface area (TPSA) is 66.9 Å². The van der Waals surface area contributed by atoms with Gasteiger partial charge >= 0.3 is 0 Å². The zero-order valence-corrected chi connectivity index (χ0v) is 12.5. The fourth-order valence-corrected chi connectivity index (χ4v) is 2.34. The Hall–Kier alpha value is -1.56. The number of nitrogens with one attached hydrogen (secondary N) is 2. The van der Waals surface area contributed by atoms with Crippen LogP contribution in [0.1, 0.15) is 16.3 Å². The number of aromatic nitrogens is 2. The third kappa shape index (κ3) is 3.50. The number of hydrogen-bond donors (Lipinski definition) is 2. The Bertz CT molecular complexity index is 640. The highest BCUT2D eigenvalue weighted by atomic mass is 35.5. The van der Waals surface area contributed by atoms with E-state index in [0.717, 1.165) is 0 Å². The Morgan fingerprint density at radius 1 is 1.20 bits per heavy atom. The third-order valence-corrected chi connectivity index (χ3v) is 3.13. The Balaban J connectivity index is 2.11. The maximum atomic E-state index is 11.9. The summed E-state index contributed by atoms with van der Waals surface area (Å²) < 4.78 is 0. The van der Waals surface area contributed by atoms with Crippen LogP contribution in [-0.2, 0) is 0 Å². The van der Waals surface area contributed by atoms with E-state index in [1.54, 1.807) is 6.92 Å². The van der Waals surface area contributed by atoms with Crippen LogP contribution in [0.25, 0.3) is 0 Å². The molecular formula is C12H9Cl3N4O. The first-order chi connectivity index (χ1) is 9.47. The van der Waals surface area contributed by atoms with Crippen molar-refractivity contribution in [3.8, 4) is 0 Å². The number of benzene rings is 1. The number of anilines is 1. The van der Waals surface area contributed by atoms with Crippen molar-refractivity contribution in [2.24, 2.45) is 0 Å². The lowest BCUT2D eigenvalue weighted by Crippen LogP contribution is -2.30.